The smallest absolute Gasteiger partial charge is 0.222 e. The van der Waals surface area contributed by atoms with Crippen molar-refractivity contribution in [3.8, 4) is 0 Å². The minimum atomic E-state index is -0.565. The summed E-state index contributed by atoms with van der Waals surface area (Å²) in [5, 5.41) is 13.9. The molecule has 6 nitrogen and oxygen atoms in total. The predicted molar refractivity (Wildman–Crippen MR) is 123 cm³/mol. The van der Waals surface area contributed by atoms with Crippen molar-refractivity contribution in [3.05, 3.63) is 70.5 Å². The molecule has 4 rings (SSSR count). The lowest BCUT2D eigenvalue weighted by molar-refractivity contribution is -0.158. The molecule has 0 aliphatic carbocycles. The lowest BCUT2D eigenvalue weighted by atomic mass is 9.94. The summed E-state index contributed by atoms with van der Waals surface area (Å²) < 4.78 is 25.3. The van der Waals surface area contributed by atoms with Crippen LogP contribution in [0.3, 0.4) is 0 Å². The van der Waals surface area contributed by atoms with Gasteiger partial charge in [-0.3, -0.25) is 9.69 Å². The number of ether oxygens (including phenoxy) is 2. The number of nitrogens with zero attached hydrogens (tertiary/aromatic N) is 1. The van der Waals surface area contributed by atoms with Gasteiger partial charge in [0.05, 0.1) is 37.9 Å². The van der Waals surface area contributed by atoms with Gasteiger partial charge in [0.15, 0.2) is 0 Å². The number of amides is 1. The third-order valence-electron chi connectivity index (χ3n) is 6.18. The Morgan fingerprint density at radius 1 is 1.15 bits per heavy atom. The number of fused-ring (bicyclic) bond motifs is 1. The summed E-state index contributed by atoms with van der Waals surface area (Å²) in [4.78, 5) is 14.7. The van der Waals surface area contributed by atoms with Gasteiger partial charge in [0.1, 0.15) is 5.82 Å². The van der Waals surface area contributed by atoms with E-state index in [0.29, 0.717) is 24.7 Å². The van der Waals surface area contributed by atoms with Gasteiger partial charge in [0.25, 0.3) is 0 Å². The largest absolute Gasteiger partial charge is 0.389 e. The third-order valence-corrected chi connectivity index (χ3v) is 6.43. The van der Waals surface area contributed by atoms with Crippen molar-refractivity contribution < 1.29 is 23.8 Å². The highest BCUT2D eigenvalue weighted by Crippen LogP contribution is 2.29. The Hall–Kier alpha value is -2.03. The number of carbonyl (C=O) groups is 1. The summed E-state index contributed by atoms with van der Waals surface area (Å²) in [5.74, 6) is -0.441. The highest BCUT2D eigenvalue weighted by molar-refractivity contribution is 6.30. The first-order valence-corrected chi connectivity index (χ1v) is 11.7. The standard InChI is InChI=1S/C25H30ClFN2O4/c26-19-6-4-17(5-7-19)13-29-14-21(30)15-32-16-24-23(29)9-8-22(33-24)11-25(31)28-12-18-2-1-3-20(27)10-18/h1-7,10,21-24,30H,8-9,11-16H2,(H,28,31)/t21-,22+,23-,24+/m1/s1. The third kappa shape index (κ3) is 6.98. The summed E-state index contributed by atoms with van der Waals surface area (Å²) in [6, 6.07) is 14.0. The van der Waals surface area contributed by atoms with Crippen LogP contribution in [-0.2, 0) is 27.4 Å². The van der Waals surface area contributed by atoms with E-state index in [1.807, 2.05) is 24.3 Å². The number of hydrogen-bond acceptors (Lipinski definition) is 5. The minimum Gasteiger partial charge on any atom is -0.389 e. The SMILES string of the molecule is O=C(C[C@@H]1CC[C@@H]2[C@H](COC[C@H](O)CN2Cc2ccc(Cl)cc2)O1)NCc1cccc(F)c1. The maximum Gasteiger partial charge on any atom is 0.222 e. The van der Waals surface area contributed by atoms with Crippen LogP contribution < -0.4 is 5.32 Å². The summed E-state index contributed by atoms with van der Waals surface area (Å²) in [5.41, 5.74) is 1.84. The number of aliphatic hydroxyl groups excluding tert-OH is 1. The van der Waals surface area contributed by atoms with Gasteiger partial charge in [-0.1, -0.05) is 35.9 Å². The zero-order valence-corrected chi connectivity index (χ0v) is 19.2. The molecule has 0 spiro atoms. The van der Waals surface area contributed by atoms with E-state index in [4.69, 9.17) is 21.1 Å². The van der Waals surface area contributed by atoms with Gasteiger partial charge in [0, 0.05) is 30.7 Å². The van der Waals surface area contributed by atoms with Crippen LogP contribution in [0.15, 0.2) is 48.5 Å². The lowest BCUT2D eigenvalue weighted by Gasteiger charge is -2.44. The van der Waals surface area contributed by atoms with E-state index in [9.17, 15) is 14.3 Å². The first kappa shape index (κ1) is 24.1. The van der Waals surface area contributed by atoms with Crippen LogP contribution in [0.4, 0.5) is 4.39 Å². The van der Waals surface area contributed by atoms with Gasteiger partial charge < -0.3 is 19.9 Å². The fourth-order valence-corrected chi connectivity index (χ4v) is 4.70. The van der Waals surface area contributed by atoms with Crippen molar-refractivity contribution in [1.82, 2.24) is 10.2 Å². The average Bonchev–Trinajstić information content (AvgIpc) is 2.78. The van der Waals surface area contributed by atoms with Gasteiger partial charge in [-0.15, -0.1) is 0 Å². The normalized spacial score (nSPS) is 26.2. The van der Waals surface area contributed by atoms with Gasteiger partial charge in [-0.25, -0.2) is 4.39 Å². The molecule has 2 saturated heterocycles. The van der Waals surface area contributed by atoms with Gasteiger partial charge in [-0.05, 0) is 48.2 Å². The number of β-amino-alcohol motifs (C(OH)–C–C–N with tert-alkyl or cyclic N) is 1. The molecule has 2 aliphatic rings. The van der Waals surface area contributed by atoms with Crippen molar-refractivity contribution in [3.63, 3.8) is 0 Å². The molecule has 33 heavy (non-hydrogen) atoms. The molecular weight excluding hydrogens is 447 g/mol. The number of hydrogen-bond donors (Lipinski definition) is 2. The van der Waals surface area contributed by atoms with Crippen LogP contribution in [0, 0.1) is 5.82 Å². The first-order valence-electron chi connectivity index (χ1n) is 11.4. The number of halogens is 2. The molecule has 8 heteroatoms. The maximum atomic E-state index is 13.3. The molecule has 178 valence electrons. The summed E-state index contributed by atoms with van der Waals surface area (Å²) in [7, 11) is 0. The summed E-state index contributed by atoms with van der Waals surface area (Å²) in [6.07, 6.45) is 0.879. The van der Waals surface area contributed by atoms with Crippen LogP contribution in [0.2, 0.25) is 5.02 Å². The van der Waals surface area contributed by atoms with Crippen LogP contribution >= 0.6 is 11.6 Å². The Kier molecular flexibility index (Phi) is 8.33. The van der Waals surface area contributed by atoms with Crippen molar-refractivity contribution >= 4 is 17.5 Å². The molecule has 0 aromatic heterocycles. The van der Waals surface area contributed by atoms with E-state index >= 15 is 0 Å². The summed E-state index contributed by atoms with van der Waals surface area (Å²) >= 11 is 6.02. The van der Waals surface area contributed by atoms with Crippen molar-refractivity contribution in [2.24, 2.45) is 0 Å². The molecular formula is C25H30ClFN2O4. The fraction of sp³-hybridized carbons (Fsp3) is 0.480. The molecule has 2 fully saturated rings. The Balaban J connectivity index is 1.34. The van der Waals surface area contributed by atoms with Gasteiger partial charge >= 0.3 is 0 Å². The molecule has 2 aliphatic heterocycles. The first-order chi connectivity index (χ1) is 16.0. The van der Waals surface area contributed by atoms with Gasteiger partial charge in [-0.2, -0.15) is 0 Å². The number of rotatable bonds is 6. The van der Waals surface area contributed by atoms with Gasteiger partial charge in [0.2, 0.25) is 5.91 Å². The molecule has 2 heterocycles. The second-order valence-electron chi connectivity index (χ2n) is 8.80. The Morgan fingerprint density at radius 2 is 1.97 bits per heavy atom. The topological polar surface area (TPSA) is 71.0 Å². The number of carbonyl (C=O) groups excluding carboxylic acids is 1. The Morgan fingerprint density at radius 3 is 2.76 bits per heavy atom. The van der Waals surface area contributed by atoms with Crippen LogP contribution in [-0.4, -0.2) is 60.0 Å². The Bertz CT molecular complexity index is 929. The number of nitrogens with one attached hydrogen (secondary N) is 1. The summed E-state index contributed by atoms with van der Waals surface area (Å²) in [6.45, 7) is 2.08. The quantitative estimate of drug-likeness (QED) is 0.669. The second kappa shape index (κ2) is 11.4. The number of benzene rings is 2. The average molecular weight is 477 g/mol. The molecule has 0 saturated carbocycles. The van der Waals surface area contributed by atoms with Crippen LogP contribution in [0.5, 0.6) is 0 Å². The molecule has 2 aromatic rings. The molecule has 0 bridgehead atoms. The van der Waals surface area contributed by atoms with E-state index in [1.54, 1.807) is 12.1 Å². The fourth-order valence-electron chi connectivity index (χ4n) is 4.58. The van der Waals surface area contributed by atoms with E-state index < -0.39 is 6.10 Å². The molecule has 2 aromatic carbocycles. The highest BCUT2D eigenvalue weighted by Gasteiger charge is 2.38. The zero-order chi connectivity index (χ0) is 23.2. The van der Waals surface area contributed by atoms with E-state index in [-0.39, 0.29) is 49.5 Å². The molecule has 2 N–H and O–H groups in total. The maximum absolute atomic E-state index is 13.3. The van der Waals surface area contributed by atoms with Crippen LogP contribution in [0.1, 0.15) is 30.4 Å². The molecule has 0 radical (unpaired) electrons. The van der Waals surface area contributed by atoms with Crippen molar-refractivity contribution in [2.75, 3.05) is 19.8 Å². The molecule has 4 atom stereocenters. The zero-order valence-electron chi connectivity index (χ0n) is 18.5. The number of aliphatic hydroxyl groups is 1. The highest BCUT2D eigenvalue weighted by atomic mass is 35.5. The second-order valence-corrected chi connectivity index (χ2v) is 9.24. The monoisotopic (exact) mass is 476 g/mol. The van der Waals surface area contributed by atoms with Crippen molar-refractivity contribution in [1.29, 1.82) is 0 Å². The van der Waals surface area contributed by atoms with E-state index in [0.717, 1.165) is 24.0 Å². The van der Waals surface area contributed by atoms with Crippen LogP contribution in [0.25, 0.3) is 0 Å². The molecule has 1 amide bonds. The van der Waals surface area contributed by atoms with E-state index in [2.05, 4.69) is 10.2 Å². The van der Waals surface area contributed by atoms with E-state index in [1.165, 1.54) is 12.1 Å². The molecule has 0 unspecified atom stereocenters. The predicted octanol–water partition coefficient (Wildman–Crippen LogP) is 3.29. The Labute approximate surface area is 198 Å². The minimum absolute atomic E-state index is 0.0854. The lowest BCUT2D eigenvalue weighted by Crippen LogP contribution is -2.55. The van der Waals surface area contributed by atoms with Crippen molar-refractivity contribution in [2.45, 2.75) is 56.7 Å².